The molecule has 1 saturated carbocycles. The molecule has 3 nitrogen and oxygen atoms in total. The second-order valence-electron chi connectivity index (χ2n) is 4.47. The molecule has 0 spiro atoms. The van der Waals surface area contributed by atoms with Crippen molar-refractivity contribution in [1.82, 2.24) is 5.32 Å². The first kappa shape index (κ1) is 12.5. The smallest absolute Gasteiger partial charge is 0.322 e. The topological polar surface area (TPSA) is 38.3 Å². The first-order valence-electron chi connectivity index (χ1n) is 6.03. The highest BCUT2D eigenvalue weighted by Crippen LogP contribution is 2.27. The van der Waals surface area contributed by atoms with Gasteiger partial charge in [-0.25, -0.2) is 0 Å². The van der Waals surface area contributed by atoms with E-state index in [-0.39, 0.29) is 12.0 Å². The summed E-state index contributed by atoms with van der Waals surface area (Å²) >= 11 is 0. The van der Waals surface area contributed by atoms with Crippen molar-refractivity contribution < 1.29 is 9.53 Å². The van der Waals surface area contributed by atoms with Crippen LogP contribution in [0.1, 0.15) is 46.0 Å². The van der Waals surface area contributed by atoms with Gasteiger partial charge in [-0.1, -0.05) is 26.2 Å². The van der Waals surface area contributed by atoms with Gasteiger partial charge >= 0.3 is 5.97 Å². The number of hydrogen-bond donors (Lipinski definition) is 1. The van der Waals surface area contributed by atoms with Crippen molar-refractivity contribution >= 4 is 5.97 Å². The van der Waals surface area contributed by atoms with Crippen LogP contribution in [-0.2, 0) is 9.53 Å². The Morgan fingerprint density at radius 2 is 2.13 bits per heavy atom. The maximum absolute atomic E-state index is 11.3. The lowest BCUT2D eigenvalue weighted by atomic mass is 9.82. The summed E-state index contributed by atoms with van der Waals surface area (Å²) in [6, 6.07) is 0.324. The molecule has 88 valence electrons. The van der Waals surface area contributed by atoms with E-state index in [0.717, 1.165) is 5.92 Å². The van der Waals surface area contributed by atoms with E-state index in [9.17, 15) is 4.79 Å². The summed E-state index contributed by atoms with van der Waals surface area (Å²) in [5.74, 6) is 0.571. The van der Waals surface area contributed by atoms with Crippen molar-refractivity contribution in [1.29, 1.82) is 0 Å². The summed E-state index contributed by atoms with van der Waals surface area (Å²) in [6.45, 7) is 4.11. The minimum Gasteiger partial charge on any atom is -0.468 e. The molecular weight excluding hydrogens is 190 g/mol. The van der Waals surface area contributed by atoms with Gasteiger partial charge in [-0.05, 0) is 25.7 Å². The molecule has 15 heavy (non-hydrogen) atoms. The van der Waals surface area contributed by atoms with E-state index in [2.05, 4.69) is 12.2 Å². The molecule has 0 aliphatic heterocycles. The van der Waals surface area contributed by atoms with Crippen molar-refractivity contribution in [2.24, 2.45) is 5.92 Å². The minimum absolute atomic E-state index is 0.157. The second-order valence-corrected chi connectivity index (χ2v) is 4.47. The fourth-order valence-corrected chi connectivity index (χ4v) is 2.48. The molecule has 0 aromatic rings. The molecule has 0 aromatic carbocycles. The Labute approximate surface area is 92.6 Å². The molecule has 0 heterocycles. The van der Waals surface area contributed by atoms with Gasteiger partial charge in [0, 0.05) is 6.04 Å². The van der Waals surface area contributed by atoms with Gasteiger partial charge in [0.15, 0.2) is 0 Å². The molecule has 0 saturated heterocycles. The zero-order valence-electron chi connectivity index (χ0n) is 10.1. The Balaban J connectivity index is 2.43. The second kappa shape index (κ2) is 6.11. The number of esters is 1. The van der Waals surface area contributed by atoms with Crippen LogP contribution in [0.4, 0.5) is 0 Å². The van der Waals surface area contributed by atoms with Crippen LogP contribution in [0.2, 0.25) is 0 Å². The molecule has 3 heteroatoms. The molecule has 1 rings (SSSR count). The van der Waals surface area contributed by atoms with Gasteiger partial charge in [0.25, 0.3) is 0 Å². The summed E-state index contributed by atoms with van der Waals surface area (Å²) in [4.78, 5) is 11.3. The summed E-state index contributed by atoms with van der Waals surface area (Å²) in [5.41, 5.74) is 0. The predicted octanol–water partition coefficient (Wildman–Crippen LogP) is 2.11. The first-order valence-corrected chi connectivity index (χ1v) is 6.03. The van der Waals surface area contributed by atoms with Crippen LogP contribution in [0.15, 0.2) is 0 Å². The SMILES string of the molecule is CCC1CCCCC1N[C@@H](C)C(=O)OC. The minimum atomic E-state index is -0.174. The molecule has 1 aliphatic carbocycles. The molecule has 0 amide bonds. The number of carbonyl (C=O) groups is 1. The van der Waals surface area contributed by atoms with Gasteiger partial charge in [0.05, 0.1) is 7.11 Å². The van der Waals surface area contributed by atoms with Gasteiger partial charge in [-0.3, -0.25) is 4.79 Å². The van der Waals surface area contributed by atoms with Crippen molar-refractivity contribution in [3.63, 3.8) is 0 Å². The third kappa shape index (κ3) is 3.49. The fourth-order valence-electron chi connectivity index (χ4n) is 2.48. The van der Waals surface area contributed by atoms with Crippen LogP contribution in [0, 0.1) is 5.92 Å². The molecule has 1 aliphatic rings. The Morgan fingerprint density at radius 3 is 2.73 bits per heavy atom. The van der Waals surface area contributed by atoms with Crippen LogP contribution in [-0.4, -0.2) is 25.2 Å². The van der Waals surface area contributed by atoms with Gasteiger partial charge in [-0.2, -0.15) is 0 Å². The monoisotopic (exact) mass is 213 g/mol. The maximum Gasteiger partial charge on any atom is 0.322 e. The summed E-state index contributed by atoms with van der Waals surface area (Å²) < 4.78 is 4.72. The summed E-state index contributed by atoms with van der Waals surface area (Å²) in [7, 11) is 1.44. The van der Waals surface area contributed by atoms with Crippen molar-refractivity contribution in [3.8, 4) is 0 Å². The van der Waals surface area contributed by atoms with E-state index in [1.165, 1.54) is 39.2 Å². The van der Waals surface area contributed by atoms with E-state index < -0.39 is 0 Å². The van der Waals surface area contributed by atoms with Gasteiger partial charge in [-0.15, -0.1) is 0 Å². The van der Waals surface area contributed by atoms with Crippen molar-refractivity contribution in [2.45, 2.75) is 58.0 Å². The zero-order chi connectivity index (χ0) is 11.3. The van der Waals surface area contributed by atoms with E-state index in [1.807, 2.05) is 6.92 Å². The molecule has 2 unspecified atom stereocenters. The maximum atomic E-state index is 11.3. The molecule has 3 atom stereocenters. The lowest BCUT2D eigenvalue weighted by Gasteiger charge is -2.33. The number of hydrogen-bond acceptors (Lipinski definition) is 3. The van der Waals surface area contributed by atoms with E-state index >= 15 is 0 Å². The average Bonchev–Trinajstić information content (AvgIpc) is 2.28. The van der Waals surface area contributed by atoms with E-state index in [1.54, 1.807) is 0 Å². The van der Waals surface area contributed by atoms with Crippen LogP contribution < -0.4 is 5.32 Å². The van der Waals surface area contributed by atoms with E-state index in [0.29, 0.717) is 6.04 Å². The Morgan fingerprint density at radius 1 is 1.47 bits per heavy atom. The third-order valence-corrected chi connectivity index (χ3v) is 3.45. The zero-order valence-corrected chi connectivity index (χ0v) is 10.1. The lowest BCUT2D eigenvalue weighted by Crippen LogP contribution is -2.46. The molecule has 0 radical (unpaired) electrons. The number of rotatable bonds is 4. The number of nitrogens with one attached hydrogen (secondary N) is 1. The molecule has 1 N–H and O–H groups in total. The summed E-state index contributed by atoms with van der Waals surface area (Å²) in [5, 5.41) is 3.40. The van der Waals surface area contributed by atoms with Crippen LogP contribution in [0.3, 0.4) is 0 Å². The normalized spacial score (nSPS) is 28.5. The standard InChI is InChI=1S/C12H23NO2/c1-4-10-7-5-6-8-11(10)13-9(2)12(14)15-3/h9-11,13H,4-8H2,1-3H3/t9-,10?,11?/m0/s1. The van der Waals surface area contributed by atoms with Crippen LogP contribution in [0.25, 0.3) is 0 Å². The van der Waals surface area contributed by atoms with Crippen molar-refractivity contribution in [3.05, 3.63) is 0 Å². The Hall–Kier alpha value is -0.570. The Kier molecular flexibility index (Phi) is 5.09. The quantitative estimate of drug-likeness (QED) is 0.727. The molecular formula is C12H23NO2. The summed E-state index contributed by atoms with van der Waals surface area (Å²) in [6.07, 6.45) is 6.30. The van der Waals surface area contributed by atoms with Crippen molar-refractivity contribution in [2.75, 3.05) is 7.11 Å². The fraction of sp³-hybridized carbons (Fsp3) is 0.917. The molecule has 0 aromatic heterocycles. The average molecular weight is 213 g/mol. The molecule has 1 fully saturated rings. The predicted molar refractivity (Wildman–Crippen MR) is 60.7 cm³/mol. The largest absolute Gasteiger partial charge is 0.468 e. The first-order chi connectivity index (χ1) is 7.19. The van der Waals surface area contributed by atoms with E-state index in [4.69, 9.17) is 4.74 Å². The van der Waals surface area contributed by atoms with Crippen LogP contribution >= 0.6 is 0 Å². The Bertz CT molecular complexity index is 206. The number of carbonyl (C=O) groups excluding carboxylic acids is 1. The third-order valence-electron chi connectivity index (χ3n) is 3.45. The van der Waals surface area contributed by atoms with Gasteiger partial charge < -0.3 is 10.1 Å². The van der Waals surface area contributed by atoms with Crippen LogP contribution in [0.5, 0.6) is 0 Å². The molecule has 0 bridgehead atoms. The lowest BCUT2D eigenvalue weighted by molar-refractivity contribution is -0.143. The number of ether oxygens (including phenoxy) is 1. The highest BCUT2D eigenvalue weighted by Gasteiger charge is 2.26. The number of methoxy groups -OCH3 is 1. The van der Waals surface area contributed by atoms with Gasteiger partial charge in [0.1, 0.15) is 6.04 Å². The van der Waals surface area contributed by atoms with Gasteiger partial charge in [0.2, 0.25) is 0 Å². The highest BCUT2D eigenvalue weighted by molar-refractivity contribution is 5.75. The highest BCUT2D eigenvalue weighted by atomic mass is 16.5.